The number of sulfonamides is 1. The lowest BCUT2D eigenvalue weighted by Crippen LogP contribution is -2.34. The van der Waals surface area contributed by atoms with Gasteiger partial charge >= 0.3 is 0 Å². The fourth-order valence-electron chi connectivity index (χ4n) is 1.62. The number of terminal acetylenes is 1. The molecule has 5 heteroatoms. The molecule has 0 aliphatic heterocycles. The van der Waals surface area contributed by atoms with Crippen LogP contribution in [0.15, 0.2) is 24.3 Å². The standard InChI is InChI=1S/C14H16N2O2S/c1-3-5-14(4-2)16-19(17,18)11-13-8-6-12(10-15)7-9-13/h2,6-9,14,16H,3,5,11H2,1H3. The first-order chi connectivity index (χ1) is 9.00. The van der Waals surface area contributed by atoms with E-state index >= 15 is 0 Å². The first kappa shape index (κ1) is 15.2. The third kappa shape index (κ3) is 5.13. The zero-order chi connectivity index (χ0) is 14.3. The minimum Gasteiger partial charge on any atom is -0.212 e. The molecule has 1 rings (SSSR count). The van der Waals surface area contributed by atoms with Gasteiger partial charge in [-0.2, -0.15) is 5.26 Å². The summed E-state index contributed by atoms with van der Waals surface area (Å²) in [6.45, 7) is 1.94. The number of benzene rings is 1. The molecule has 4 nitrogen and oxygen atoms in total. The van der Waals surface area contributed by atoms with E-state index in [0.717, 1.165) is 6.42 Å². The normalized spacial score (nSPS) is 12.4. The van der Waals surface area contributed by atoms with Gasteiger partial charge in [0.15, 0.2) is 0 Å². The largest absolute Gasteiger partial charge is 0.216 e. The molecule has 0 bridgehead atoms. The summed E-state index contributed by atoms with van der Waals surface area (Å²) in [4.78, 5) is 0. The van der Waals surface area contributed by atoms with Gasteiger partial charge in [0.25, 0.3) is 0 Å². The first-order valence-corrected chi connectivity index (χ1v) is 7.61. The van der Waals surface area contributed by atoms with Crippen LogP contribution in [0.1, 0.15) is 30.9 Å². The van der Waals surface area contributed by atoms with Gasteiger partial charge in [-0.1, -0.05) is 31.4 Å². The van der Waals surface area contributed by atoms with Gasteiger partial charge in [0, 0.05) is 0 Å². The minimum absolute atomic E-state index is 0.138. The molecule has 0 aliphatic carbocycles. The quantitative estimate of drug-likeness (QED) is 0.805. The zero-order valence-corrected chi connectivity index (χ0v) is 11.6. The highest BCUT2D eigenvalue weighted by molar-refractivity contribution is 7.88. The van der Waals surface area contributed by atoms with Crippen molar-refractivity contribution in [2.75, 3.05) is 0 Å². The Morgan fingerprint density at radius 1 is 1.37 bits per heavy atom. The van der Waals surface area contributed by atoms with Crippen LogP contribution in [0.2, 0.25) is 0 Å². The van der Waals surface area contributed by atoms with Crippen molar-refractivity contribution < 1.29 is 8.42 Å². The van der Waals surface area contributed by atoms with Gasteiger partial charge < -0.3 is 0 Å². The molecule has 1 aromatic rings. The van der Waals surface area contributed by atoms with Gasteiger partial charge in [-0.25, -0.2) is 13.1 Å². The number of hydrogen-bond donors (Lipinski definition) is 1. The minimum atomic E-state index is -3.46. The second-order valence-electron chi connectivity index (χ2n) is 4.19. The molecule has 1 unspecified atom stereocenters. The molecule has 0 fully saturated rings. The van der Waals surface area contributed by atoms with Gasteiger partial charge in [-0.05, 0) is 24.1 Å². The highest BCUT2D eigenvalue weighted by Gasteiger charge is 2.16. The SMILES string of the molecule is C#CC(CCC)NS(=O)(=O)Cc1ccc(C#N)cc1. The summed E-state index contributed by atoms with van der Waals surface area (Å²) >= 11 is 0. The third-order valence-electron chi connectivity index (χ3n) is 2.54. The third-order valence-corrected chi connectivity index (χ3v) is 3.90. The van der Waals surface area contributed by atoms with E-state index in [1.165, 1.54) is 0 Å². The van der Waals surface area contributed by atoms with Gasteiger partial charge in [0.2, 0.25) is 10.0 Å². The Morgan fingerprint density at radius 3 is 2.47 bits per heavy atom. The van der Waals surface area contributed by atoms with Crippen molar-refractivity contribution in [1.82, 2.24) is 4.72 Å². The molecular weight excluding hydrogens is 260 g/mol. The Hall–Kier alpha value is -1.82. The topological polar surface area (TPSA) is 70.0 Å². The number of hydrogen-bond acceptors (Lipinski definition) is 3. The van der Waals surface area contributed by atoms with E-state index in [9.17, 15) is 8.42 Å². The molecule has 0 spiro atoms. The zero-order valence-electron chi connectivity index (χ0n) is 10.8. The average Bonchev–Trinajstić information content (AvgIpc) is 2.38. The predicted molar refractivity (Wildman–Crippen MR) is 74.4 cm³/mol. The van der Waals surface area contributed by atoms with E-state index in [-0.39, 0.29) is 5.75 Å². The van der Waals surface area contributed by atoms with Gasteiger partial charge in [-0.15, -0.1) is 6.42 Å². The van der Waals surface area contributed by atoms with Crippen LogP contribution >= 0.6 is 0 Å². The summed E-state index contributed by atoms with van der Waals surface area (Å²) in [5.41, 5.74) is 1.13. The molecule has 1 N–H and O–H groups in total. The van der Waals surface area contributed by atoms with E-state index in [4.69, 9.17) is 11.7 Å². The average molecular weight is 276 g/mol. The molecular formula is C14H16N2O2S. The fourth-order valence-corrected chi connectivity index (χ4v) is 2.95. The Labute approximate surface area is 114 Å². The molecule has 0 amide bonds. The molecule has 0 aliphatic rings. The maximum Gasteiger partial charge on any atom is 0.216 e. The maximum atomic E-state index is 11.9. The van der Waals surface area contributed by atoms with E-state index in [2.05, 4.69) is 10.6 Å². The number of nitriles is 1. The lowest BCUT2D eigenvalue weighted by molar-refractivity contribution is 0.563. The molecule has 100 valence electrons. The van der Waals surface area contributed by atoms with Crippen LogP contribution < -0.4 is 4.72 Å². The lowest BCUT2D eigenvalue weighted by Gasteiger charge is -2.12. The Balaban J connectivity index is 2.74. The number of nitrogens with zero attached hydrogens (tertiary/aromatic N) is 1. The molecule has 1 aromatic carbocycles. The predicted octanol–water partition coefficient (Wildman–Crippen LogP) is 1.78. The number of nitrogens with one attached hydrogen (secondary N) is 1. The van der Waals surface area contributed by atoms with Gasteiger partial charge in [-0.3, -0.25) is 0 Å². The smallest absolute Gasteiger partial charge is 0.212 e. The van der Waals surface area contributed by atoms with E-state index < -0.39 is 16.1 Å². The highest BCUT2D eigenvalue weighted by atomic mass is 32.2. The summed E-state index contributed by atoms with van der Waals surface area (Å²) in [6.07, 6.45) is 6.71. The summed E-state index contributed by atoms with van der Waals surface area (Å²) < 4.78 is 26.3. The van der Waals surface area contributed by atoms with E-state index in [1.807, 2.05) is 13.0 Å². The van der Waals surface area contributed by atoms with Crippen molar-refractivity contribution in [2.45, 2.75) is 31.6 Å². The van der Waals surface area contributed by atoms with Gasteiger partial charge in [0.05, 0.1) is 23.4 Å². The summed E-state index contributed by atoms with van der Waals surface area (Å²) in [6, 6.07) is 7.96. The van der Waals surface area contributed by atoms with Crippen LogP contribution in [0.4, 0.5) is 0 Å². The van der Waals surface area contributed by atoms with E-state index in [1.54, 1.807) is 24.3 Å². The molecule has 0 saturated heterocycles. The van der Waals surface area contributed by atoms with Crippen LogP contribution in [0.3, 0.4) is 0 Å². The highest BCUT2D eigenvalue weighted by Crippen LogP contribution is 2.08. The van der Waals surface area contributed by atoms with Crippen molar-refractivity contribution >= 4 is 10.0 Å². The van der Waals surface area contributed by atoms with Crippen molar-refractivity contribution in [3.05, 3.63) is 35.4 Å². The summed E-state index contributed by atoms with van der Waals surface area (Å²) in [5.74, 6) is 2.29. The van der Waals surface area contributed by atoms with Crippen molar-refractivity contribution in [1.29, 1.82) is 5.26 Å². The Morgan fingerprint density at radius 2 is 2.00 bits per heavy atom. The second kappa shape index (κ2) is 6.94. The van der Waals surface area contributed by atoms with Crippen LogP contribution in [0.25, 0.3) is 0 Å². The van der Waals surface area contributed by atoms with Crippen LogP contribution in [0.5, 0.6) is 0 Å². The molecule has 0 saturated carbocycles. The fraction of sp³-hybridized carbons (Fsp3) is 0.357. The molecule has 0 aromatic heterocycles. The van der Waals surface area contributed by atoms with Crippen molar-refractivity contribution in [3.63, 3.8) is 0 Å². The molecule has 0 heterocycles. The molecule has 0 radical (unpaired) electrons. The van der Waals surface area contributed by atoms with Crippen LogP contribution in [-0.4, -0.2) is 14.5 Å². The monoisotopic (exact) mass is 276 g/mol. The van der Waals surface area contributed by atoms with Crippen molar-refractivity contribution in [3.8, 4) is 18.4 Å². The van der Waals surface area contributed by atoms with Crippen molar-refractivity contribution in [2.24, 2.45) is 0 Å². The van der Waals surface area contributed by atoms with E-state index in [0.29, 0.717) is 17.5 Å². The molecule has 1 atom stereocenters. The second-order valence-corrected chi connectivity index (χ2v) is 5.95. The molecule has 19 heavy (non-hydrogen) atoms. The summed E-state index contributed by atoms with van der Waals surface area (Å²) in [5, 5.41) is 8.67. The van der Waals surface area contributed by atoms with Crippen LogP contribution in [-0.2, 0) is 15.8 Å². The first-order valence-electron chi connectivity index (χ1n) is 5.96. The maximum absolute atomic E-state index is 11.9. The Kier molecular flexibility index (Phi) is 5.57. The van der Waals surface area contributed by atoms with Gasteiger partial charge in [0.1, 0.15) is 0 Å². The van der Waals surface area contributed by atoms with Crippen LogP contribution in [0, 0.1) is 23.7 Å². The number of rotatable bonds is 6. The lowest BCUT2D eigenvalue weighted by atomic mass is 10.2. The Bertz CT molecular complexity index is 592. The summed E-state index contributed by atoms with van der Waals surface area (Å²) in [7, 11) is -3.46.